The van der Waals surface area contributed by atoms with Gasteiger partial charge in [0.05, 0.1) is 12.4 Å². The molecule has 1 amide bonds. The molecule has 5 unspecified atom stereocenters. The van der Waals surface area contributed by atoms with Gasteiger partial charge in [-0.25, -0.2) is 14.6 Å². The van der Waals surface area contributed by atoms with Gasteiger partial charge in [0.25, 0.3) is 0 Å². The average Bonchev–Trinajstić information content (AvgIpc) is 3.41. The fourth-order valence-electron chi connectivity index (χ4n) is 4.87. The van der Waals surface area contributed by atoms with Crippen LogP contribution in [0, 0.1) is 0 Å². The number of hydrogen-bond acceptors (Lipinski definition) is 8. The Hall–Kier alpha value is -3.24. The van der Waals surface area contributed by atoms with Gasteiger partial charge in [-0.3, -0.25) is 4.79 Å². The number of esters is 2. The molecule has 2 aliphatic rings. The lowest BCUT2D eigenvalue weighted by molar-refractivity contribution is -0.175. The molecular weight excluding hydrogens is 450 g/mol. The third kappa shape index (κ3) is 6.07. The predicted octanol–water partition coefficient (Wildman–Crippen LogP) is 1.24. The fourth-order valence-corrected chi connectivity index (χ4v) is 4.87. The topological polar surface area (TPSA) is 140 Å². The van der Waals surface area contributed by atoms with Crippen LogP contribution >= 0.6 is 0 Å². The second-order valence-corrected chi connectivity index (χ2v) is 9.44. The van der Waals surface area contributed by atoms with E-state index in [0.29, 0.717) is 23.3 Å². The molecule has 0 saturated carbocycles. The number of rotatable bonds is 9. The number of benzene rings is 1. The number of piperidine rings is 1. The van der Waals surface area contributed by atoms with Crippen molar-refractivity contribution in [3.63, 3.8) is 0 Å². The number of nitrogens with one attached hydrogen (secondary N) is 2. The Morgan fingerprint density at radius 3 is 2.46 bits per heavy atom. The molecule has 3 heterocycles. The summed E-state index contributed by atoms with van der Waals surface area (Å²) in [4.78, 5) is 48.0. The summed E-state index contributed by atoms with van der Waals surface area (Å²) in [6.07, 6.45) is 5.38. The normalized spacial score (nSPS) is 24.3. The minimum absolute atomic E-state index is 0.103. The molecule has 2 fully saturated rings. The highest BCUT2D eigenvalue weighted by Gasteiger charge is 2.41. The Kier molecular flexibility index (Phi) is 7.82. The number of hydrogen-bond donors (Lipinski definition) is 3. The van der Waals surface area contributed by atoms with Crippen molar-refractivity contribution >= 4 is 17.8 Å². The lowest BCUT2D eigenvalue weighted by Crippen LogP contribution is -2.49. The Bertz CT molecular complexity index is 999. The summed E-state index contributed by atoms with van der Waals surface area (Å²) in [6.45, 7) is 1.52. The van der Waals surface area contributed by atoms with Gasteiger partial charge in [0.2, 0.25) is 12.0 Å². The van der Waals surface area contributed by atoms with E-state index in [4.69, 9.17) is 15.2 Å². The molecule has 1 aromatic heterocycles. The number of amides is 1. The zero-order valence-electron chi connectivity index (χ0n) is 20.1. The second-order valence-electron chi connectivity index (χ2n) is 9.44. The zero-order chi connectivity index (χ0) is 24.9. The molecule has 2 saturated heterocycles. The molecule has 2 aromatic rings. The van der Waals surface area contributed by atoms with E-state index in [0.717, 1.165) is 25.7 Å². The molecule has 4 rings (SSSR count). The van der Waals surface area contributed by atoms with Crippen molar-refractivity contribution in [3.05, 3.63) is 54.1 Å². The summed E-state index contributed by atoms with van der Waals surface area (Å²) < 4.78 is 11.6. The minimum Gasteiger partial charge on any atom is -0.459 e. The van der Waals surface area contributed by atoms with Gasteiger partial charge < -0.3 is 30.4 Å². The Morgan fingerprint density at radius 1 is 1.17 bits per heavy atom. The van der Waals surface area contributed by atoms with Crippen LogP contribution in [-0.4, -0.2) is 70.0 Å². The van der Waals surface area contributed by atoms with Crippen molar-refractivity contribution in [2.75, 3.05) is 7.05 Å². The minimum atomic E-state index is -1.25. The highest BCUT2D eigenvalue weighted by molar-refractivity contribution is 5.88. The predicted molar refractivity (Wildman–Crippen MR) is 127 cm³/mol. The Balaban J connectivity index is 1.50. The molecule has 2 bridgehead atoms. The Labute approximate surface area is 204 Å². The maximum absolute atomic E-state index is 13.3. The summed E-state index contributed by atoms with van der Waals surface area (Å²) in [7, 11) is 2.12. The maximum atomic E-state index is 13.3. The first-order valence-corrected chi connectivity index (χ1v) is 12.0. The van der Waals surface area contributed by atoms with Crippen molar-refractivity contribution in [3.8, 4) is 0 Å². The van der Waals surface area contributed by atoms with Gasteiger partial charge in [-0.1, -0.05) is 30.3 Å². The van der Waals surface area contributed by atoms with Gasteiger partial charge in [0, 0.05) is 36.0 Å². The number of ether oxygens (including phenoxy) is 2. The van der Waals surface area contributed by atoms with Crippen LogP contribution in [-0.2, 0) is 30.3 Å². The zero-order valence-corrected chi connectivity index (χ0v) is 20.1. The van der Waals surface area contributed by atoms with Crippen molar-refractivity contribution in [2.24, 2.45) is 5.73 Å². The molecule has 0 radical (unpaired) electrons. The number of H-pyrrole nitrogens is 1. The van der Waals surface area contributed by atoms with Crippen LogP contribution in [0.5, 0.6) is 0 Å². The highest BCUT2D eigenvalue weighted by Crippen LogP contribution is 2.36. The number of carbonyl (C=O) groups is 3. The van der Waals surface area contributed by atoms with Crippen molar-refractivity contribution in [1.29, 1.82) is 0 Å². The number of aromatic amines is 1. The third-order valence-electron chi connectivity index (χ3n) is 6.88. The highest BCUT2D eigenvalue weighted by atomic mass is 16.6. The first-order valence-electron chi connectivity index (χ1n) is 12.0. The smallest absolute Gasteiger partial charge is 0.352 e. The Morgan fingerprint density at radius 2 is 1.86 bits per heavy atom. The summed E-state index contributed by atoms with van der Waals surface area (Å²) in [5.74, 6) is -1.88. The number of fused-ring (bicyclic) bond motifs is 2. The largest absolute Gasteiger partial charge is 0.459 e. The first kappa shape index (κ1) is 24.9. The van der Waals surface area contributed by atoms with Gasteiger partial charge in [-0.2, -0.15) is 0 Å². The van der Waals surface area contributed by atoms with E-state index in [9.17, 15) is 14.4 Å². The van der Waals surface area contributed by atoms with Gasteiger partial charge in [-0.05, 0) is 39.7 Å². The first-order chi connectivity index (χ1) is 16.8. The van der Waals surface area contributed by atoms with E-state index in [-0.39, 0.29) is 12.5 Å². The lowest BCUT2D eigenvalue weighted by atomic mass is 10.0. The summed E-state index contributed by atoms with van der Waals surface area (Å²) in [6, 6.07) is 7.68. The molecule has 10 heteroatoms. The maximum Gasteiger partial charge on any atom is 0.352 e. The molecule has 6 atom stereocenters. The van der Waals surface area contributed by atoms with Gasteiger partial charge in [0.15, 0.2) is 0 Å². The van der Waals surface area contributed by atoms with Crippen LogP contribution in [0.3, 0.4) is 0 Å². The van der Waals surface area contributed by atoms with Gasteiger partial charge >= 0.3 is 11.9 Å². The van der Waals surface area contributed by atoms with Crippen LogP contribution in [0.2, 0.25) is 0 Å². The summed E-state index contributed by atoms with van der Waals surface area (Å²) in [5.41, 5.74) is 6.80. The van der Waals surface area contributed by atoms with Crippen molar-refractivity contribution in [1.82, 2.24) is 20.2 Å². The SMILES string of the molecule is CC(N)C(=O)NC(Cc1cnc[nH]1)C(=O)OC(C(=O)OC1CC2CC[C@H](C1)N2C)c1ccccc1. The second kappa shape index (κ2) is 11.0. The molecule has 0 spiro atoms. The van der Waals surface area contributed by atoms with Crippen LogP contribution in [0.4, 0.5) is 0 Å². The monoisotopic (exact) mass is 483 g/mol. The third-order valence-corrected chi connectivity index (χ3v) is 6.88. The molecular formula is C25H33N5O5. The van der Waals surface area contributed by atoms with E-state index in [1.165, 1.54) is 13.3 Å². The molecule has 4 N–H and O–H groups in total. The molecule has 0 aliphatic carbocycles. The van der Waals surface area contributed by atoms with Crippen LogP contribution in [0.25, 0.3) is 0 Å². The van der Waals surface area contributed by atoms with Crippen LogP contribution in [0.1, 0.15) is 50.0 Å². The van der Waals surface area contributed by atoms with Crippen molar-refractivity contribution < 1.29 is 23.9 Å². The van der Waals surface area contributed by atoms with Gasteiger partial charge in [-0.15, -0.1) is 0 Å². The van der Waals surface area contributed by atoms with E-state index in [2.05, 4.69) is 27.2 Å². The molecule has 35 heavy (non-hydrogen) atoms. The lowest BCUT2D eigenvalue weighted by Gasteiger charge is -2.36. The van der Waals surface area contributed by atoms with Gasteiger partial charge in [0.1, 0.15) is 12.1 Å². The standard InChI is InChI=1S/C25H33N5O5/c1-15(26)23(31)29-21(10-17-13-27-14-28-17)24(32)35-22(16-6-4-3-5-7-16)25(33)34-20-11-18-8-9-19(12-20)30(18)2/h3-7,13-15,18-22H,8-12,26H2,1-2H3,(H,27,28)(H,29,31)/t15?,18-,19?,20?,21?,22?/m1/s1. The van der Waals surface area contributed by atoms with E-state index < -0.39 is 36.0 Å². The van der Waals surface area contributed by atoms with E-state index in [1.54, 1.807) is 30.5 Å². The number of imidazole rings is 1. The number of nitrogens with zero attached hydrogens (tertiary/aromatic N) is 2. The molecule has 2 aliphatic heterocycles. The van der Waals surface area contributed by atoms with Crippen LogP contribution < -0.4 is 11.1 Å². The quantitative estimate of drug-likeness (QED) is 0.453. The molecule has 1 aromatic carbocycles. The molecule has 188 valence electrons. The number of aromatic nitrogens is 2. The van der Waals surface area contributed by atoms with Crippen molar-refractivity contribution in [2.45, 2.75) is 75.4 Å². The van der Waals surface area contributed by atoms with Crippen LogP contribution in [0.15, 0.2) is 42.9 Å². The average molecular weight is 484 g/mol. The van der Waals surface area contributed by atoms with E-state index in [1.807, 2.05) is 6.07 Å². The number of carbonyl (C=O) groups excluding carboxylic acids is 3. The summed E-state index contributed by atoms with van der Waals surface area (Å²) >= 11 is 0. The molecule has 10 nitrogen and oxygen atoms in total. The number of nitrogens with two attached hydrogens (primary N) is 1. The van der Waals surface area contributed by atoms with E-state index >= 15 is 0 Å². The fraction of sp³-hybridized carbons (Fsp3) is 0.520. The summed E-state index contributed by atoms with van der Waals surface area (Å²) in [5, 5.41) is 2.61.